The van der Waals surface area contributed by atoms with Crippen LogP contribution >= 0.6 is 22.9 Å². The molecule has 0 spiro atoms. The molecule has 2 aromatic carbocycles. The number of benzene rings is 2. The van der Waals surface area contributed by atoms with Crippen LogP contribution in [0.2, 0.25) is 5.02 Å². The molecule has 0 radical (unpaired) electrons. The highest BCUT2D eigenvalue weighted by Crippen LogP contribution is 2.29. The number of nitrogens with one attached hydrogen (secondary N) is 2. The Morgan fingerprint density at radius 1 is 1.10 bits per heavy atom. The van der Waals surface area contributed by atoms with Crippen molar-refractivity contribution in [2.45, 2.75) is 43.0 Å². The van der Waals surface area contributed by atoms with E-state index >= 15 is 0 Å². The number of rotatable bonds is 8. The second kappa shape index (κ2) is 9.44. The number of hydrogen-bond acceptors (Lipinski definition) is 6. The van der Waals surface area contributed by atoms with Crippen molar-refractivity contribution in [3.8, 4) is 0 Å². The summed E-state index contributed by atoms with van der Waals surface area (Å²) in [4.78, 5) is 12.3. The van der Waals surface area contributed by atoms with Gasteiger partial charge in [0.2, 0.25) is 9.47 Å². The van der Waals surface area contributed by atoms with Crippen molar-refractivity contribution in [1.29, 1.82) is 0 Å². The first-order valence-corrected chi connectivity index (χ1v) is 12.2. The average Bonchev–Trinajstić information content (AvgIpc) is 3.17. The fourth-order valence-corrected chi connectivity index (χ4v) is 5.68. The lowest BCUT2D eigenvalue weighted by atomic mass is 9.79. The van der Waals surface area contributed by atoms with E-state index in [4.69, 9.17) is 11.6 Å². The van der Waals surface area contributed by atoms with Crippen molar-refractivity contribution in [1.82, 2.24) is 14.9 Å². The van der Waals surface area contributed by atoms with Crippen LogP contribution in [0.25, 0.3) is 0 Å². The lowest BCUT2D eigenvalue weighted by molar-refractivity contribution is 0.102. The lowest BCUT2D eigenvalue weighted by Crippen LogP contribution is -2.37. The van der Waals surface area contributed by atoms with Crippen LogP contribution in [0.15, 0.2) is 58.9 Å². The predicted molar refractivity (Wildman–Crippen MR) is 123 cm³/mol. The molecule has 1 aromatic heterocycles. The number of aromatic nitrogens is 2. The van der Waals surface area contributed by atoms with Gasteiger partial charge in [-0.05, 0) is 36.5 Å². The van der Waals surface area contributed by atoms with Gasteiger partial charge in [-0.1, -0.05) is 79.2 Å². The van der Waals surface area contributed by atoms with Gasteiger partial charge in [0, 0.05) is 6.04 Å². The van der Waals surface area contributed by atoms with Crippen LogP contribution in [0.1, 0.15) is 43.1 Å². The Kier molecular flexibility index (Phi) is 7.10. The normalized spacial score (nSPS) is 13.0. The largest absolute Gasteiger partial charge is 0.296 e. The summed E-state index contributed by atoms with van der Waals surface area (Å²) in [6.07, 6.45) is 0.588. The molecule has 0 fully saturated rings. The molecular weight excluding hydrogens is 456 g/mol. The minimum absolute atomic E-state index is 0.0718. The molecule has 3 aromatic rings. The Morgan fingerprint density at radius 2 is 1.74 bits per heavy atom. The van der Waals surface area contributed by atoms with E-state index in [2.05, 4.69) is 34.1 Å². The molecule has 0 saturated carbocycles. The van der Waals surface area contributed by atoms with Gasteiger partial charge in [-0.3, -0.25) is 10.1 Å². The van der Waals surface area contributed by atoms with Gasteiger partial charge in [0.05, 0.1) is 10.6 Å². The number of nitrogens with zero attached hydrogens (tertiary/aromatic N) is 2. The van der Waals surface area contributed by atoms with Crippen molar-refractivity contribution >= 4 is 44.0 Å². The van der Waals surface area contributed by atoms with Crippen LogP contribution in [0.3, 0.4) is 0 Å². The van der Waals surface area contributed by atoms with Crippen LogP contribution in [0, 0.1) is 0 Å². The number of carbonyl (C=O) groups is 1. The number of sulfonamides is 1. The van der Waals surface area contributed by atoms with E-state index < -0.39 is 15.9 Å². The van der Waals surface area contributed by atoms with E-state index in [0.29, 0.717) is 6.42 Å². The Labute approximate surface area is 190 Å². The first kappa shape index (κ1) is 23.3. The minimum atomic E-state index is -3.88. The summed E-state index contributed by atoms with van der Waals surface area (Å²) in [7, 11) is -3.88. The van der Waals surface area contributed by atoms with Crippen molar-refractivity contribution in [2.24, 2.45) is 0 Å². The van der Waals surface area contributed by atoms with E-state index in [1.165, 1.54) is 0 Å². The van der Waals surface area contributed by atoms with Gasteiger partial charge in [-0.15, -0.1) is 10.2 Å². The number of hydrogen-bond donors (Lipinski definition) is 2. The second-order valence-electron chi connectivity index (χ2n) is 7.78. The Bertz CT molecular complexity index is 1160. The molecular formula is C21H23ClN4O3S2. The fraction of sp³-hybridized carbons (Fsp3) is 0.286. The fourth-order valence-electron chi connectivity index (χ4n) is 3.31. The molecule has 0 saturated heterocycles. The standard InChI is InChI=1S/C21H23ClN4O3S2/c1-14(13-21(2,3)15-9-5-4-6-10-15)26-31(28,29)20-25-24-19(30-20)23-18(27)16-11-7-8-12-17(16)22/h4-12,14,26H,13H2,1-3H3,(H,23,24,27)/t14-/m1/s1. The Hall–Kier alpha value is -2.33. The maximum absolute atomic E-state index is 12.8. The van der Waals surface area contributed by atoms with Gasteiger partial charge in [0.25, 0.3) is 15.9 Å². The summed E-state index contributed by atoms with van der Waals surface area (Å²) in [5.74, 6) is -0.489. The quantitative estimate of drug-likeness (QED) is 0.465. The maximum atomic E-state index is 12.8. The summed E-state index contributed by atoms with van der Waals surface area (Å²) in [6, 6.07) is 16.1. The molecule has 3 rings (SSSR count). The van der Waals surface area contributed by atoms with E-state index in [1.807, 2.05) is 37.3 Å². The van der Waals surface area contributed by atoms with Crippen molar-refractivity contribution in [3.05, 3.63) is 70.7 Å². The van der Waals surface area contributed by atoms with Gasteiger partial charge < -0.3 is 0 Å². The smallest absolute Gasteiger partial charge is 0.270 e. The molecule has 164 valence electrons. The van der Waals surface area contributed by atoms with Crippen LogP contribution in [0.5, 0.6) is 0 Å². The first-order valence-electron chi connectivity index (χ1n) is 9.56. The van der Waals surface area contributed by atoms with Crippen LogP contribution < -0.4 is 10.0 Å². The van der Waals surface area contributed by atoms with Gasteiger partial charge in [0.15, 0.2) is 0 Å². The molecule has 0 aliphatic heterocycles. The molecule has 2 N–H and O–H groups in total. The highest BCUT2D eigenvalue weighted by atomic mass is 35.5. The molecule has 1 amide bonds. The highest BCUT2D eigenvalue weighted by Gasteiger charge is 2.28. The monoisotopic (exact) mass is 478 g/mol. The zero-order chi connectivity index (χ0) is 22.6. The molecule has 1 heterocycles. The minimum Gasteiger partial charge on any atom is -0.296 e. The molecule has 0 aliphatic rings. The summed E-state index contributed by atoms with van der Waals surface area (Å²) in [6.45, 7) is 5.95. The Balaban J connectivity index is 1.67. The third-order valence-electron chi connectivity index (χ3n) is 4.70. The molecule has 0 bridgehead atoms. The molecule has 1 atom stereocenters. The molecule has 0 aliphatic carbocycles. The summed E-state index contributed by atoms with van der Waals surface area (Å²) >= 11 is 6.80. The number of anilines is 1. The topological polar surface area (TPSA) is 101 Å². The SMILES string of the molecule is C[C@H](CC(C)(C)c1ccccc1)NS(=O)(=O)c1nnc(NC(=O)c2ccccc2Cl)s1. The highest BCUT2D eigenvalue weighted by molar-refractivity contribution is 7.91. The van der Waals surface area contributed by atoms with Gasteiger partial charge in [-0.2, -0.15) is 0 Å². The van der Waals surface area contributed by atoms with Gasteiger partial charge in [-0.25, -0.2) is 13.1 Å². The molecule has 10 heteroatoms. The number of halogens is 1. The van der Waals surface area contributed by atoms with Crippen LogP contribution in [0.4, 0.5) is 5.13 Å². The van der Waals surface area contributed by atoms with E-state index in [0.717, 1.165) is 16.9 Å². The lowest BCUT2D eigenvalue weighted by Gasteiger charge is -2.28. The third kappa shape index (κ3) is 5.88. The van der Waals surface area contributed by atoms with Crippen molar-refractivity contribution in [3.63, 3.8) is 0 Å². The maximum Gasteiger partial charge on any atom is 0.270 e. The second-order valence-corrected chi connectivity index (χ2v) is 11.1. The third-order valence-corrected chi connectivity index (χ3v) is 7.83. The predicted octanol–water partition coefficient (Wildman–Crippen LogP) is 4.48. The molecule has 0 unspecified atom stereocenters. The van der Waals surface area contributed by atoms with Gasteiger partial charge >= 0.3 is 0 Å². The van der Waals surface area contributed by atoms with Crippen LogP contribution in [-0.2, 0) is 15.4 Å². The molecule has 7 nitrogen and oxygen atoms in total. The zero-order valence-electron chi connectivity index (χ0n) is 17.3. The summed E-state index contributed by atoms with van der Waals surface area (Å²) < 4.78 is 27.9. The number of amides is 1. The van der Waals surface area contributed by atoms with Crippen LogP contribution in [-0.4, -0.2) is 30.6 Å². The average molecular weight is 479 g/mol. The van der Waals surface area contributed by atoms with Gasteiger partial charge in [0.1, 0.15) is 0 Å². The van der Waals surface area contributed by atoms with Crippen molar-refractivity contribution in [2.75, 3.05) is 5.32 Å². The number of carbonyl (C=O) groups excluding carboxylic acids is 1. The van der Waals surface area contributed by atoms with E-state index in [-0.39, 0.29) is 31.5 Å². The summed E-state index contributed by atoms with van der Waals surface area (Å²) in [5.41, 5.74) is 1.17. The zero-order valence-corrected chi connectivity index (χ0v) is 19.7. The van der Waals surface area contributed by atoms with E-state index in [9.17, 15) is 13.2 Å². The molecule has 31 heavy (non-hydrogen) atoms. The first-order chi connectivity index (χ1) is 14.6. The summed E-state index contributed by atoms with van der Waals surface area (Å²) in [5, 5.41) is 10.4. The van der Waals surface area contributed by atoms with Crippen molar-refractivity contribution < 1.29 is 13.2 Å². The Morgan fingerprint density at radius 3 is 2.42 bits per heavy atom. The van der Waals surface area contributed by atoms with E-state index in [1.54, 1.807) is 24.3 Å².